The minimum absolute atomic E-state index is 0.135. The zero-order valence-electron chi connectivity index (χ0n) is 21.5. The van der Waals surface area contributed by atoms with Crippen LogP contribution < -0.4 is 0 Å². The maximum Gasteiger partial charge on any atom is 0.0415 e. The maximum atomic E-state index is 6.78. The molecule has 2 atom stereocenters. The molecule has 0 aromatic heterocycles. The van der Waals surface area contributed by atoms with Crippen LogP contribution in [0.4, 0.5) is 0 Å². The van der Waals surface area contributed by atoms with Crippen LogP contribution in [0.15, 0.2) is 133 Å². The van der Waals surface area contributed by atoms with Crippen molar-refractivity contribution in [2.24, 2.45) is 0 Å². The lowest BCUT2D eigenvalue weighted by Crippen LogP contribution is -2.08. The Bertz CT molecular complexity index is 1800. The molecule has 6 aromatic carbocycles. The number of hydrogen-bond acceptors (Lipinski definition) is 0. The Morgan fingerprint density at radius 3 is 1.82 bits per heavy atom. The first-order chi connectivity index (χ1) is 19.3. The fourth-order valence-corrected chi connectivity index (χ4v) is 7.26. The highest BCUT2D eigenvalue weighted by Crippen LogP contribution is 2.65. The first-order valence-corrected chi connectivity index (χ1v) is 14.2. The van der Waals surface area contributed by atoms with Crippen LogP contribution in [0.2, 0.25) is 5.02 Å². The molecule has 6 aromatic rings. The normalized spacial score (nSPS) is 17.0. The molecule has 0 saturated heterocycles. The van der Waals surface area contributed by atoms with Gasteiger partial charge in [0.2, 0.25) is 0 Å². The molecule has 186 valence electrons. The van der Waals surface area contributed by atoms with Crippen LogP contribution in [0, 0.1) is 0 Å². The highest BCUT2D eigenvalue weighted by Gasteiger charge is 2.47. The van der Waals surface area contributed by atoms with Crippen molar-refractivity contribution in [2.45, 2.75) is 24.2 Å². The molecule has 0 bridgehead atoms. The van der Waals surface area contributed by atoms with Gasteiger partial charge in [0.05, 0.1) is 0 Å². The summed E-state index contributed by atoms with van der Waals surface area (Å²) in [6, 6.07) is 48.7. The first kappa shape index (κ1) is 22.8. The lowest BCUT2D eigenvalue weighted by Gasteiger charge is -2.28. The number of hydrogen-bond donors (Lipinski definition) is 0. The van der Waals surface area contributed by atoms with Gasteiger partial charge in [0, 0.05) is 10.9 Å². The predicted octanol–water partition coefficient (Wildman–Crippen LogP) is 10.6. The summed E-state index contributed by atoms with van der Waals surface area (Å²) in [5.41, 5.74) is 12.1. The third kappa shape index (κ3) is 3.67. The zero-order chi connectivity index (χ0) is 25.9. The molecule has 8 rings (SSSR count). The Hall–Kier alpha value is -4.13. The lowest BCUT2D eigenvalue weighted by molar-refractivity contribution is 0.977. The van der Waals surface area contributed by atoms with Gasteiger partial charge in [-0.3, -0.25) is 0 Å². The van der Waals surface area contributed by atoms with Gasteiger partial charge in [-0.2, -0.15) is 0 Å². The Morgan fingerprint density at radius 2 is 1.15 bits per heavy atom. The second-order valence-electron chi connectivity index (χ2n) is 11.0. The summed E-state index contributed by atoms with van der Waals surface area (Å²) in [4.78, 5) is 0. The van der Waals surface area contributed by atoms with Gasteiger partial charge in [0.25, 0.3) is 0 Å². The summed E-state index contributed by atoms with van der Waals surface area (Å²) in [5, 5.41) is 3.58. The minimum atomic E-state index is 0.135. The molecule has 1 saturated carbocycles. The van der Waals surface area contributed by atoms with Crippen molar-refractivity contribution in [1.29, 1.82) is 0 Å². The van der Waals surface area contributed by atoms with Gasteiger partial charge in [-0.15, -0.1) is 0 Å². The molecule has 0 amide bonds. The van der Waals surface area contributed by atoms with E-state index in [4.69, 9.17) is 11.6 Å². The van der Waals surface area contributed by atoms with Gasteiger partial charge < -0.3 is 0 Å². The Labute approximate surface area is 234 Å². The molecule has 0 nitrogen and oxygen atoms in total. The van der Waals surface area contributed by atoms with Gasteiger partial charge in [-0.05, 0) is 97.3 Å². The summed E-state index contributed by atoms with van der Waals surface area (Å²) >= 11 is 6.78. The second-order valence-corrected chi connectivity index (χ2v) is 11.4. The summed E-state index contributed by atoms with van der Waals surface area (Å²) < 4.78 is 0. The Kier molecular flexibility index (Phi) is 5.25. The van der Waals surface area contributed by atoms with Crippen LogP contribution in [0.3, 0.4) is 0 Å². The molecule has 0 spiro atoms. The van der Waals surface area contributed by atoms with E-state index >= 15 is 0 Å². The molecular formula is C38H27Cl. The maximum absolute atomic E-state index is 6.78. The SMILES string of the molecule is Clc1cc(-c2ccccc2)c2c(c1)C1CC1c1c-2cc(C(c2ccccc2)c2ccccc2)c2ccccc12. The van der Waals surface area contributed by atoms with Gasteiger partial charge >= 0.3 is 0 Å². The van der Waals surface area contributed by atoms with Crippen LogP contribution in [0.25, 0.3) is 33.0 Å². The van der Waals surface area contributed by atoms with E-state index in [1.165, 1.54) is 67.3 Å². The average molecular weight is 519 g/mol. The largest absolute Gasteiger partial charge is 0.0843 e. The Balaban J connectivity index is 1.48. The molecule has 0 aliphatic heterocycles. The summed E-state index contributed by atoms with van der Waals surface area (Å²) in [6.45, 7) is 0. The molecule has 39 heavy (non-hydrogen) atoms. The summed E-state index contributed by atoms with van der Waals surface area (Å²) in [5.74, 6) is 1.23. The monoisotopic (exact) mass is 518 g/mol. The van der Waals surface area contributed by atoms with E-state index < -0.39 is 0 Å². The van der Waals surface area contributed by atoms with E-state index in [9.17, 15) is 0 Å². The molecule has 0 radical (unpaired) electrons. The number of fused-ring (bicyclic) bond motifs is 8. The van der Waals surface area contributed by atoms with Crippen LogP contribution in [0.1, 0.15) is 52.0 Å². The van der Waals surface area contributed by atoms with Gasteiger partial charge in [-0.25, -0.2) is 0 Å². The van der Waals surface area contributed by atoms with E-state index in [0.717, 1.165) is 5.02 Å². The van der Waals surface area contributed by atoms with Crippen molar-refractivity contribution < 1.29 is 0 Å². The fraction of sp³-hybridized carbons (Fsp3) is 0.105. The van der Waals surface area contributed by atoms with Gasteiger partial charge in [0.1, 0.15) is 0 Å². The van der Waals surface area contributed by atoms with E-state index in [-0.39, 0.29) is 5.92 Å². The molecule has 2 aliphatic carbocycles. The smallest absolute Gasteiger partial charge is 0.0415 e. The first-order valence-electron chi connectivity index (χ1n) is 13.8. The third-order valence-electron chi connectivity index (χ3n) is 8.74. The third-order valence-corrected chi connectivity index (χ3v) is 8.96. The second kappa shape index (κ2) is 8.97. The van der Waals surface area contributed by atoms with E-state index in [1.807, 2.05) is 0 Å². The molecule has 0 heterocycles. The highest BCUT2D eigenvalue weighted by molar-refractivity contribution is 6.31. The molecule has 2 unspecified atom stereocenters. The molecule has 0 N–H and O–H groups in total. The molecule has 2 aliphatic rings. The summed E-state index contributed by atoms with van der Waals surface area (Å²) in [6.07, 6.45) is 1.19. The lowest BCUT2D eigenvalue weighted by atomic mass is 9.75. The van der Waals surface area contributed by atoms with E-state index in [0.29, 0.717) is 11.8 Å². The standard InChI is InChI=1S/C38H27Cl/c39-27-20-30(24-12-4-1-5-13-24)38-32(21-27)31-22-34(31)37-29-19-11-10-18-28(29)33(23-35(37)38)36(25-14-6-2-7-15-25)26-16-8-3-9-17-26/h1-21,23,31,34,36H,22H2. The fourth-order valence-electron chi connectivity index (χ4n) is 7.04. The number of halogens is 1. The molecule has 1 fully saturated rings. The average Bonchev–Trinajstić information content (AvgIpc) is 3.80. The number of benzene rings is 6. The molecular weight excluding hydrogens is 492 g/mol. The van der Waals surface area contributed by atoms with Crippen LogP contribution in [0.5, 0.6) is 0 Å². The van der Waals surface area contributed by atoms with Crippen molar-refractivity contribution in [1.82, 2.24) is 0 Å². The quantitative estimate of drug-likeness (QED) is 0.203. The van der Waals surface area contributed by atoms with Crippen molar-refractivity contribution in [3.05, 3.63) is 166 Å². The zero-order valence-corrected chi connectivity index (χ0v) is 22.3. The Morgan fingerprint density at radius 1 is 0.564 bits per heavy atom. The van der Waals surface area contributed by atoms with Crippen molar-refractivity contribution in [2.75, 3.05) is 0 Å². The highest BCUT2D eigenvalue weighted by atomic mass is 35.5. The van der Waals surface area contributed by atoms with Crippen molar-refractivity contribution in [3.8, 4) is 22.3 Å². The van der Waals surface area contributed by atoms with Crippen LogP contribution >= 0.6 is 11.6 Å². The summed E-state index contributed by atoms with van der Waals surface area (Å²) in [7, 11) is 0. The predicted molar refractivity (Wildman–Crippen MR) is 164 cm³/mol. The van der Waals surface area contributed by atoms with E-state index in [2.05, 4.69) is 133 Å². The van der Waals surface area contributed by atoms with Crippen LogP contribution in [-0.4, -0.2) is 0 Å². The van der Waals surface area contributed by atoms with Crippen LogP contribution in [-0.2, 0) is 0 Å². The van der Waals surface area contributed by atoms with E-state index in [1.54, 1.807) is 0 Å². The number of rotatable bonds is 4. The van der Waals surface area contributed by atoms with Crippen molar-refractivity contribution >= 4 is 22.4 Å². The topological polar surface area (TPSA) is 0 Å². The molecule has 1 heteroatoms. The minimum Gasteiger partial charge on any atom is -0.0843 e. The van der Waals surface area contributed by atoms with Gasteiger partial charge in [0.15, 0.2) is 0 Å². The van der Waals surface area contributed by atoms with Crippen molar-refractivity contribution in [3.63, 3.8) is 0 Å². The van der Waals surface area contributed by atoms with Gasteiger partial charge in [-0.1, -0.05) is 127 Å².